The Bertz CT molecular complexity index is 277. The van der Waals surface area contributed by atoms with Crippen LogP contribution in [-0.4, -0.2) is 25.8 Å². The van der Waals surface area contributed by atoms with Crippen molar-refractivity contribution in [2.24, 2.45) is 17.8 Å². The summed E-state index contributed by atoms with van der Waals surface area (Å²) in [5, 5.41) is 0. The SMILES string of the molecule is CCOC(=O)C1CCCC1[C@@H]1CCCCC1OC. The van der Waals surface area contributed by atoms with Gasteiger partial charge in [-0.2, -0.15) is 0 Å². The molecule has 0 spiro atoms. The van der Waals surface area contributed by atoms with E-state index in [2.05, 4.69) is 0 Å². The van der Waals surface area contributed by atoms with E-state index in [9.17, 15) is 4.79 Å². The number of hydrogen-bond acceptors (Lipinski definition) is 3. The van der Waals surface area contributed by atoms with Crippen molar-refractivity contribution in [3.8, 4) is 0 Å². The minimum absolute atomic E-state index is 0.0282. The average Bonchev–Trinajstić information content (AvgIpc) is 2.88. The van der Waals surface area contributed by atoms with Crippen molar-refractivity contribution in [1.29, 1.82) is 0 Å². The molecule has 0 radical (unpaired) electrons. The Balaban J connectivity index is 2.02. The first-order valence-corrected chi connectivity index (χ1v) is 7.47. The van der Waals surface area contributed by atoms with Gasteiger partial charge in [-0.25, -0.2) is 0 Å². The standard InChI is InChI=1S/C15H26O3/c1-3-18-15(16)13-9-6-8-11(13)12-7-4-5-10-14(12)17-2/h11-14H,3-10H2,1-2H3/t11?,12-,13?,14?/m0/s1. The predicted molar refractivity (Wildman–Crippen MR) is 70.2 cm³/mol. The summed E-state index contributed by atoms with van der Waals surface area (Å²) in [4.78, 5) is 12.0. The van der Waals surface area contributed by atoms with Gasteiger partial charge >= 0.3 is 5.97 Å². The summed E-state index contributed by atoms with van der Waals surface area (Å²) < 4.78 is 10.9. The van der Waals surface area contributed by atoms with Crippen molar-refractivity contribution in [1.82, 2.24) is 0 Å². The molecule has 0 saturated heterocycles. The van der Waals surface area contributed by atoms with E-state index in [1.54, 1.807) is 0 Å². The Morgan fingerprint density at radius 2 is 1.78 bits per heavy atom. The summed E-state index contributed by atoms with van der Waals surface area (Å²) in [5.41, 5.74) is 0. The summed E-state index contributed by atoms with van der Waals surface area (Å²) in [6.07, 6.45) is 8.65. The first kappa shape index (κ1) is 13.9. The highest BCUT2D eigenvalue weighted by Crippen LogP contribution is 2.44. The van der Waals surface area contributed by atoms with Crippen LogP contribution in [0.15, 0.2) is 0 Å². The normalized spacial score (nSPS) is 36.6. The Morgan fingerprint density at radius 3 is 2.50 bits per heavy atom. The average molecular weight is 254 g/mol. The summed E-state index contributed by atoms with van der Waals surface area (Å²) >= 11 is 0. The fraction of sp³-hybridized carbons (Fsp3) is 0.933. The van der Waals surface area contributed by atoms with Crippen molar-refractivity contribution in [2.45, 2.75) is 58.0 Å². The highest BCUT2D eigenvalue weighted by molar-refractivity contribution is 5.73. The van der Waals surface area contributed by atoms with E-state index in [4.69, 9.17) is 9.47 Å². The number of rotatable bonds is 4. The molecule has 2 aliphatic carbocycles. The zero-order valence-electron chi connectivity index (χ0n) is 11.7. The quantitative estimate of drug-likeness (QED) is 0.723. The van der Waals surface area contributed by atoms with Crippen molar-refractivity contribution in [3.63, 3.8) is 0 Å². The van der Waals surface area contributed by atoms with Crippen LogP contribution in [0.4, 0.5) is 0 Å². The largest absolute Gasteiger partial charge is 0.466 e. The Labute approximate surface area is 110 Å². The smallest absolute Gasteiger partial charge is 0.309 e. The lowest BCUT2D eigenvalue weighted by Crippen LogP contribution is -2.36. The topological polar surface area (TPSA) is 35.5 Å². The van der Waals surface area contributed by atoms with Gasteiger partial charge in [-0.1, -0.05) is 19.3 Å². The molecular formula is C15H26O3. The van der Waals surface area contributed by atoms with E-state index in [1.165, 1.54) is 32.1 Å². The second-order valence-corrected chi connectivity index (χ2v) is 5.68. The van der Waals surface area contributed by atoms with E-state index in [-0.39, 0.29) is 11.9 Å². The molecule has 2 rings (SSSR count). The van der Waals surface area contributed by atoms with Gasteiger partial charge in [0.1, 0.15) is 0 Å². The van der Waals surface area contributed by atoms with Gasteiger partial charge in [0.05, 0.1) is 18.6 Å². The molecule has 0 aromatic rings. The van der Waals surface area contributed by atoms with Crippen molar-refractivity contribution in [2.75, 3.05) is 13.7 Å². The maximum atomic E-state index is 12.0. The fourth-order valence-corrected chi connectivity index (χ4v) is 3.95. The van der Waals surface area contributed by atoms with Crippen LogP contribution in [0, 0.1) is 17.8 Å². The molecule has 0 N–H and O–H groups in total. The molecular weight excluding hydrogens is 228 g/mol. The molecule has 2 saturated carbocycles. The van der Waals surface area contributed by atoms with E-state index in [0.29, 0.717) is 24.5 Å². The molecule has 0 aromatic heterocycles. The van der Waals surface area contributed by atoms with Crippen LogP contribution in [0.1, 0.15) is 51.9 Å². The minimum atomic E-state index is 0.0282. The monoisotopic (exact) mass is 254 g/mol. The van der Waals surface area contributed by atoms with Crippen LogP contribution in [-0.2, 0) is 14.3 Å². The first-order chi connectivity index (χ1) is 8.77. The molecule has 3 unspecified atom stereocenters. The fourth-order valence-electron chi connectivity index (χ4n) is 3.95. The van der Waals surface area contributed by atoms with Gasteiger partial charge in [-0.15, -0.1) is 0 Å². The Hall–Kier alpha value is -0.570. The number of esters is 1. The molecule has 0 aromatic carbocycles. The van der Waals surface area contributed by atoms with E-state index >= 15 is 0 Å². The van der Waals surface area contributed by atoms with E-state index < -0.39 is 0 Å². The van der Waals surface area contributed by atoms with Gasteiger partial charge in [-0.3, -0.25) is 4.79 Å². The molecule has 0 amide bonds. The zero-order chi connectivity index (χ0) is 13.0. The van der Waals surface area contributed by atoms with Gasteiger partial charge in [0.15, 0.2) is 0 Å². The van der Waals surface area contributed by atoms with Gasteiger partial charge in [0.25, 0.3) is 0 Å². The summed E-state index contributed by atoms with van der Waals surface area (Å²) in [5.74, 6) is 1.22. The number of hydrogen-bond donors (Lipinski definition) is 0. The van der Waals surface area contributed by atoms with Crippen LogP contribution >= 0.6 is 0 Å². The van der Waals surface area contributed by atoms with Gasteiger partial charge in [0, 0.05) is 7.11 Å². The first-order valence-electron chi connectivity index (χ1n) is 7.47. The third kappa shape index (κ3) is 2.87. The zero-order valence-corrected chi connectivity index (χ0v) is 11.7. The molecule has 3 nitrogen and oxygen atoms in total. The maximum Gasteiger partial charge on any atom is 0.309 e. The number of carbonyl (C=O) groups is 1. The molecule has 0 heterocycles. The molecule has 3 heteroatoms. The van der Waals surface area contributed by atoms with Crippen LogP contribution in [0.3, 0.4) is 0 Å². The number of carbonyl (C=O) groups excluding carboxylic acids is 1. The van der Waals surface area contributed by atoms with Gasteiger partial charge < -0.3 is 9.47 Å². The van der Waals surface area contributed by atoms with Gasteiger partial charge in [0.2, 0.25) is 0 Å². The predicted octanol–water partition coefficient (Wildman–Crippen LogP) is 3.17. The maximum absolute atomic E-state index is 12.0. The van der Waals surface area contributed by atoms with Crippen LogP contribution in [0.25, 0.3) is 0 Å². The lowest BCUT2D eigenvalue weighted by atomic mass is 9.73. The summed E-state index contributed by atoms with van der Waals surface area (Å²) in [6, 6.07) is 0. The summed E-state index contributed by atoms with van der Waals surface area (Å²) in [6.45, 7) is 2.39. The molecule has 104 valence electrons. The lowest BCUT2D eigenvalue weighted by Gasteiger charge is -2.36. The molecule has 18 heavy (non-hydrogen) atoms. The van der Waals surface area contributed by atoms with Crippen LogP contribution < -0.4 is 0 Å². The second kappa shape index (κ2) is 6.55. The molecule has 4 atom stereocenters. The van der Waals surface area contributed by atoms with Gasteiger partial charge in [-0.05, 0) is 44.4 Å². The third-order valence-corrected chi connectivity index (χ3v) is 4.77. The van der Waals surface area contributed by atoms with E-state index in [0.717, 1.165) is 12.8 Å². The molecule has 2 aliphatic rings. The minimum Gasteiger partial charge on any atom is -0.466 e. The van der Waals surface area contributed by atoms with Crippen LogP contribution in [0.2, 0.25) is 0 Å². The van der Waals surface area contributed by atoms with Crippen molar-refractivity contribution < 1.29 is 14.3 Å². The molecule has 0 aliphatic heterocycles. The number of methoxy groups -OCH3 is 1. The lowest BCUT2D eigenvalue weighted by molar-refractivity contribution is -0.151. The highest BCUT2D eigenvalue weighted by Gasteiger charge is 2.42. The highest BCUT2D eigenvalue weighted by atomic mass is 16.5. The summed E-state index contributed by atoms with van der Waals surface area (Å²) in [7, 11) is 1.82. The molecule has 2 fully saturated rings. The second-order valence-electron chi connectivity index (χ2n) is 5.68. The Morgan fingerprint density at radius 1 is 1.06 bits per heavy atom. The van der Waals surface area contributed by atoms with E-state index in [1.807, 2.05) is 14.0 Å². The third-order valence-electron chi connectivity index (χ3n) is 4.77. The van der Waals surface area contributed by atoms with Crippen molar-refractivity contribution in [3.05, 3.63) is 0 Å². The molecule has 0 bridgehead atoms. The van der Waals surface area contributed by atoms with Crippen LogP contribution in [0.5, 0.6) is 0 Å². The Kier molecular flexibility index (Phi) is 5.04. The van der Waals surface area contributed by atoms with Crippen molar-refractivity contribution >= 4 is 5.97 Å². The number of ether oxygens (including phenoxy) is 2.